The molecule has 0 aliphatic carbocycles. The predicted molar refractivity (Wildman–Crippen MR) is 54.5 cm³/mol. The molecular formula is C9H9BrN2O. The van der Waals surface area contributed by atoms with Crippen LogP contribution in [0.3, 0.4) is 0 Å². The smallest absolute Gasteiger partial charge is 0.0928 e. The highest BCUT2D eigenvalue weighted by Gasteiger charge is 2.06. The second kappa shape index (κ2) is 3.12. The molecule has 1 heterocycles. The van der Waals surface area contributed by atoms with Crippen LogP contribution in [0.4, 0.5) is 0 Å². The molecule has 0 radical (unpaired) electrons. The van der Waals surface area contributed by atoms with Gasteiger partial charge in [0.25, 0.3) is 0 Å². The minimum absolute atomic E-state index is 0.00794. The number of hydrogen-bond acceptors (Lipinski definition) is 2. The summed E-state index contributed by atoms with van der Waals surface area (Å²) in [4.78, 5) is 0. The Morgan fingerprint density at radius 2 is 2.31 bits per heavy atom. The summed E-state index contributed by atoms with van der Waals surface area (Å²) >= 11 is 3.44. The van der Waals surface area contributed by atoms with Crippen LogP contribution in [-0.4, -0.2) is 15.3 Å². The molecule has 0 unspecified atom stereocenters. The van der Waals surface area contributed by atoms with Gasteiger partial charge in [0.2, 0.25) is 0 Å². The standard InChI is InChI=1S/C9H9BrN2O/c1-5-2-8-6(3-7(5)10)9(4-13)12-11-8/h2-3,13H,4H2,1H3,(H,11,12). The first kappa shape index (κ1) is 8.72. The van der Waals surface area contributed by atoms with Gasteiger partial charge < -0.3 is 5.11 Å². The van der Waals surface area contributed by atoms with Crippen LogP contribution in [0.15, 0.2) is 16.6 Å². The number of fused-ring (bicyclic) bond motifs is 1. The molecule has 0 bridgehead atoms. The van der Waals surface area contributed by atoms with Crippen molar-refractivity contribution in [3.8, 4) is 0 Å². The maximum absolute atomic E-state index is 9.00. The molecule has 0 saturated carbocycles. The number of aliphatic hydroxyl groups excluding tert-OH is 1. The number of hydrogen-bond donors (Lipinski definition) is 2. The van der Waals surface area contributed by atoms with E-state index in [1.54, 1.807) is 0 Å². The Balaban J connectivity index is 2.77. The van der Waals surface area contributed by atoms with Crippen molar-refractivity contribution >= 4 is 26.8 Å². The van der Waals surface area contributed by atoms with Crippen LogP contribution in [0, 0.1) is 6.92 Å². The topological polar surface area (TPSA) is 48.9 Å². The Kier molecular flexibility index (Phi) is 2.09. The molecule has 0 aliphatic heterocycles. The summed E-state index contributed by atoms with van der Waals surface area (Å²) in [7, 11) is 0. The molecular weight excluding hydrogens is 232 g/mol. The molecule has 0 spiro atoms. The summed E-state index contributed by atoms with van der Waals surface area (Å²) in [5.74, 6) is 0. The molecule has 68 valence electrons. The number of nitrogens with one attached hydrogen (secondary N) is 1. The SMILES string of the molecule is Cc1cc2n[nH]c(CO)c2cc1Br. The van der Waals surface area contributed by atoms with E-state index in [0.29, 0.717) is 0 Å². The normalized spacial score (nSPS) is 11.0. The zero-order valence-corrected chi connectivity index (χ0v) is 8.72. The van der Waals surface area contributed by atoms with E-state index in [-0.39, 0.29) is 6.61 Å². The van der Waals surface area contributed by atoms with Crippen molar-refractivity contribution in [2.75, 3.05) is 0 Å². The lowest BCUT2D eigenvalue weighted by molar-refractivity contribution is 0.278. The van der Waals surface area contributed by atoms with E-state index < -0.39 is 0 Å². The van der Waals surface area contributed by atoms with E-state index in [0.717, 1.165) is 26.6 Å². The number of nitrogens with zero attached hydrogens (tertiary/aromatic N) is 1. The minimum atomic E-state index is -0.00794. The van der Waals surface area contributed by atoms with Gasteiger partial charge in [-0.1, -0.05) is 15.9 Å². The number of halogens is 1. The lowest BCUT2D eigenvalue weighted by Crippen LogP contribution is -1.83. The molecule has 4 heteroatoms. The number of aryl methyl sites for hydroxylation is 1. The van der Waals surface area contributed by atoms with Gasteiger partial charge in [0.1, 0.15) is 0 Å². The second-order valence-corrected chi connectivity index (χ2v) is 3.83. The van der Waals surface area contributed by atoms with Gasteiger partial charge in [0, 0.05) is 9.86 Å². The summed E-state index contributed by atoms with van der Waals surface area (Å²) in [5.41, 5.74) is 2.80. The maximum atomic E-state index is 9.00. The van der Waals surface area contributed by atoms with E-state index in [4.69, 9.17) is 5.11 Å². The highest BCUT2D eigenvalue weighted by atomic mass is 79.9. The van der Waals surface area contributed by atoms with Crippen LogP contribution in [0.25, 0.3) is 10.9 Å². The van der Waals surface area contributed by atoms with Gasteiger partial charge in [-0.15, -0.1) is 0 Å². The van der Waals surface area contributed by atoms with Gasteiger partial charge in [-0.2, -0.15) is 5.10 Å². The van der Waals surface area contributed by atoms with Gasteiger partial charge in [-0.05, 0) is 24.6 Å². The average molecular weight is 241 g/mol. The fourth-order valence-electron chi connectivity index (χ4n) is 1.31. The lowest BCUT2D eigenvalue weighted by Gasteiger charge is -1.97. The zero-order valence-electron chi connectivity index (χ0n) is 7.13. The molecule has 1 aromatic carbocycles. The first-order chi connectivity index (χ1) is 6.22. The summed E-state index contributed by atoms with van der Waals surface area (Å²) in [6.07, 6.45) is 0. The fourth-order valence-corrected chi connectivity index (χ4v) is 1.65. The molecule has 0 aliphatic rings. The van der Waals surface area contributed by atoms with Crippen LogP contribution in [-0.2, 0) is 6.61 Å². The largest absolute Gasteiger partial charge is 0.390 e. The summed E-state index contributed by atoms with van der Waals surface area (Å²) in [6.45, 7) is 2.00. The van der Waals surface area contributed by atoms with Crippen LogP contribution >= 0.6 is 15.9 Å². The number of rotatable bonds is 1. The molecule has 13 heavy (non-hydrogen) atoms. The van der Waals surface area contributed by atoms with Crippen LogP contribution in [0.1, 0.15) is 11.3 Å². The van der Waals surface area contributed by atoms with Crippen molar-refractivity contribution in [2.24, 2.45) is 0 Å². The summed E-state index contributed by atoms with van der Waals surface area (Å²) in [6, 6.07) is 3.95. The van der Waals surface area contributed by atoms with Gasteiger partial charge in [0.05, 0.1) is 17.8 Å². The number of H-pyrrole nitrogens is 1. The number of aromatic nitrogens is 2. The second-order valence-electron chi connectivity index (χ2n) is 2.98. The third-order valence-corrected chi connectivity index (χ3v) is 2.93. The van der Waals surface area contributed by atoms with Gasteiger partial charge in [0.15, 0.2) is 0 Å². The van der Waals surface area contributed by atoms with Crippen molar-refractivity contribution < 1.29 is 5.11 Å². The molecule has 2 N–H and O–H groups in total. The Morgan fingerprint density at radius 3 is 3.00 bits per heavy atom. The summed E-state index contributed by atoms with van der Waals surface area (Å²) < 4.78 is 1.04. The first-order valence-electron chi connectivity index (χ1n) is 3.96. The molecule has 0 saturated heterocycles. The van der Waals surface area contributed by atoms with E-state index in [9.17, 15) is 0 Å². The first-order valence-corrected chi connectivity index (χ1v) is 4.75. The highest BCUT2D eigenvalue weighted by Crippen LogP contribution is 2.24. The zero-order chi connectivity index (χ0) is 9.42. The quantitative estimate of drug-likeness (QED) is 0.803. The van der Waals surface area contributed by atoms with Crippen LogP contribution in [0.5, 0.6) is 0 Å². The maximum Gasteiger partial charge on any atom is 0.0928 e. The van der Waals surface area contributed by atoms with E-state index in [1.807, 2.05) is 19.1 Å². The average Bonchev–Trinajstić information content (AvgIpc) is 2.48. The van der Waals surface area contributed by atoms with Crippen molar-refractivity contribution in [1.82, 2.24) is 10.2 Å². The van der Waals surface area contributed by atoms with Gasteiger partial charge >= 0.3 is 0 Å². The van der Waals surface area contributed by atoms with Crippen molar-refractivity contribution in [1.29, 1.82) is 0 Å². The number of aliphatic hydroxyl groups is 1. The van der Waals surface area contributed by atoms with E-state index in [2.05, 4.69) is 26.1 Å². The Labute approximate surface area is 83.9 Å². The Morgan fingerprint density at radius 1 is 1.54 bits per heavy atom. The predicted octanol–water partition coefficient (Wildman–Crippen LogP) is 2.13. The third-order valence-electron chi connectivity index (χ3n) is 2.07. The third kappa shape index (κ3) is 1.36. The molecule has 0 amide bonds. The lowest BCUT2D eigenvalue weighted by atomic mass is 10.1. The highest BCUT2D eigenvalue weighted by molar-refractivity contribution is 9.10. The molecule has 0 atom stereocenters. The van der Waals surface area contributed by atoms with Crippen molar-refractivity contribution in [3.05, 3.63) is 27.9 Å². The minimum Gasteiger partial charge on any atom is -0.390 e. The fraction of sp³-hybridized carbons (Fsp3) is 0.222. The summed E-state index contributed by atoms with van der Waals surface area (Å²) in [5, 5.41) is 16.9. The van der Waals surface area contributed by atoms with E-state index >= 15 is 0 Å². The van der Waals surface area contributed by atoms with Crippen LogP contribution in [0.2, 0.25) is 0 Å². The van der Waals surface area contributed by atoms with Gasteiger partial charge in [-0.3, -0.25) is 5.10 Å². The molecule has 0 fully saturated rings. The van der Waals surface area contributed by atoms with Crippen molar-refractivity contribution in [2.45, 2.75) is 13.5 Å². The molecule has 2 rings (SSSR count). The van der Waals surface area contributed by atoms with E-state index in [1.165, 1.54) is 0 Å². The van der Waals surface area contributed by atoms with Crippen molar-refractivity contribution in [3.63, 3.8) is 0 Å². The number of aromatic amines is 1. The van der Waals surface area contributed by atoms with Crippen LogP contribution < -0.4 is 0 Å². The molecule has 3 nitrogen and oxygen atoms in total. The monoisotopic (exact) mass is 240 g/mol. The molecule has 2 aromatic rings. The number of benzene rings is 1. The Hall–Kier alpha value is -0.870. The molecule has 1 aromatic heterocycles. The Bertz CT molecular complexity index is 450. The van der Waals surface area contributed by atoms with Gasteiger partial charge in [-0.25, -0.2) is 0 Å².